The largest absolute Gasteiger partial charge is 0.495 e. The summed E-state index contributed by atoms with van der Waals surface area (Å²) in [5, 5.41) is 3.97. The first-order valence-corrected chi connectivity index (χ1v) is 16.0. The molecule has 0 saturated heterocycles. The number of amides is 2. The van der Waals surface area contributed by atoms with Gasteiger partial charge in [0.05, 0.1) is 41.8 Å². The maximum absolute atomic E-state index is 14.5. The molecule has 0 unspecified atom stereocenters. The third kappa shape index (κ3) is 5.45. The van der Waals surface area contributed by atoms with Crippen LogP contribution in [0.15, 0.2) is 108 Å². The van der Waals surface area contributed by atoms with Gasteiger partial charge in [-0.25, -0.2) is 12.4 Å². The molecule has 6 rings (SSSR count). The van der Waals surface area contributed by atoms with Crippen molar-refractivity contribution < 1.29 is 27.5 Å². The highest BCUT2D eigenvalue weighted by Gasteiger charge is 2.45. The number of ether oxygens (including phenoxy) is 2. The van der Waals surface area contributed by atoms with E-state index in [2.05, 4.69) is 5.32 Å². The van der Waals surface area contributed by atoms with Crippen LogP contribution in [0, 0.1) is 0 Å². The number of hydrogen-bond acceptors (Lipinski definition) is 6. The number of rotatable bonds is 9. The third-order valence-electron chi connectivity index (χ3n) is 8.00. The predicted molar refractivity (Wildman–Crippen MR) is 172 cm³/mol. The van der Waals surface area contributed by atoms with E-state index in [9.17, 15) is 18.0 Å². The summed E-state index contributed by atoms with van der Waals surface area (Å²) in [5.41, 5.74) is 2.18. The molecule has 1 aliphatic rings. The minimum absolute atomic E-state index is 0.112. The van der Waals surface area contributed by atoms with Gasteiger partial charge in [-0.05, 0) is 48.0 Å². The van der Waals surface area contributed by atoms with Gasteiger partial charge in [0.2, 0.25) is 5.91 Å². The zero-order chi connectivity index (χ0) is 31.7. The molecule has 0 fully saturated rings. The number of fused-ring (bicyclic) bond motifs is 2. The van der Waals surface area contributed by atoms with Gasteiger partial charge >= 0.3 is 0 Å². The first-order chi connectivity index (χ1) is 21.8. The molecule has 0 bridgehead atoms. The number of halogens is 1. The molecule has 0 aliphatic carbocycles. The molecule has 5 aromatic rings. The average Bonchev–Trinajstić information content (AvgIpc) is 3.45. The Labute approximate surface area is 266 Å². The van der Waals surface area contributed by atoms with Crippen LogP contribution < -0.4 is 10.1 Å². The van der Waals surface area contributed by atoms with Gasteiger partial charge < -0.3 is 19.7 Å². The van der Waals surface area contributed by atoms with Gasteiger partial charge in [0.25, 0.3) is 15.9 Å². The summed E-state index contributed by atoms with van der Waals surface area (Å²) in [6.07, 6.45) is 1.53. The lowest BCUT2D eigenvalue weighted by Gasteiger charge is -2.41. The Hall–Kier alpha value is -4.64. The molecule has 2 atom stereocenters. The molecule has 2 amide bonds. The second kappa shape index (κ2) is 12.4. The first-order valence-electron chi connectivity index (χ1n) is 14.2. The zero-order valence-electron chi connectivity index (χ0n) is 24.5. The van der Waals surface area contributed by atoms with Gasteiger partial charge in [0.1, 0.15) is 5.75 Å². The molecule has 11 heteroatoms. The molecule has 1 aliphatic heterocycles. The van der Waals surface area contributed by atoms with E-state index in [1.165, 1.54) is 36.5 Å². The molecule has 0 spiro atoms. The second-order valence-electron chi connectivity index (χ2n) is 10.6. The SMILES string of the molecule is COCCN1C(=O)c2ccccc2[C@H](C(=O)Nc2cc(Cl)ccc2OC)[C@H]1c1cn(S(=O)(=O)c2ccccc2)c2ccccc12. The quantitative estimate of drug-likeness (QED) is 0.208. The van der Waals surface area contributed by atoms with Gasteiger partial charge in [-0.15, -0.1) is 0 Å². The number of hydrogen-bond donors (Lipinski definition) is 1. The zero-order valence-corrected chi connectivity index (χ0v) is 26.1. The number of carbonyl (C=O) groups excluding carboxylic acids is 2. The summed E-state index contributed by atoms with van der Waals surface area (Å²) in [5.74, 6) is -1.25. The standard InChI is InChI=1S/C34H30ClN3O6S/c1-43-19-18-37-32(27-21-38(29-15-9-8-12-24(27)29)45(41,42)23-10-4-3-5-11-23)31(25-13-6-7-14-26(25)34(37)40)33(39)36-28-20-22(35)16-17-30(28)44-2/h3-17,20-21,31-32H,18-19H2,1-2H3,(H,36,39)/t31-,32+/m0/s1. The molecule has 1 aromatic heterocycles. The highest BCUT2D eigenvalue weighted by molar-refractivity contribution is 7.90. The summed E-state index contributed by atoms with van der Waals surface area (Å²) >= 11 is 6.28. The van der Waals surface area contributed by atoms with E-state index in [1.54, 1.807) is 89.8 Å². The summed E-state index contributed by atoms with van der Waals surface area (Å²) in [7, 11) is -1.01. The van der Waals surface area contributed by atoms with E-state index in [4.69, 9.17) is 21.1 Å². The van der Waals surface area contributed by atoms with Gasteiger partial charge in [-0.1, -0.05) is 66.2 Å². The molecule has 4 aromatic carbocycles. The molecule has 1 N–H and O–H groups in total. The average molecular weight is 644 g/mol. The Morgan fingerprint density at radius 2 is 1.62 bits per heavy atom. The molecule has 9 nitrogen and oxygen atoms in total. The van der Waals surface area contributed by atoms with Crippen LogP contribution in [-0.4, -0.2) is 56.5 Å². The lowest BCUT2D eigenvalue weighted by atomic mass is 9.79. The predicted octanol–water partition coefficient (Wildman–Crippen LogP) is 6.11. The van der Waals surface area contributed by atoms with Crippen molar-refractivity contribution in [1.82, 2.24) is 8.87 Å². The summed E-state index contributed by atoms with van der Waals surface area (Å²) < 4.78 is 40.0. The van der Waals surface area contributed by atoms with Crippen molar-refractivity contribution in [2.45, 2.75) is 16.9 Å². The van der Waals surface area contributed by atoms with Gasteiger partial charge in [0, 0.05) is 41.4 Å². The summed E-state index contributed by atoms with van der Waals surface area (Å²) in [6.45, 7) is 0.353. The van der Waals surface area contributed by atoms with E-state index < -0.39 is 27.9 Å². The number of methoxy groups -OCH3 is 2. The van der Waals surface area contributed by atoms with Crippen molar-refractivity contribution in [3.05, 3.63) is 125 Å². The lowest BCUT2D eigenvalue weighted by Crippen LogP contribution is -2.47. The minimum atomic E-state index is -4.04. The Morgan fingerprint density at radius 1 is 0.911 bits per heavy atom. The van der Waals surface area contributed by atoms with Crippen LogP contribution in [-0.2, 0) is 19.6 Å². The highest BCUT2D eigenvalue weighted by atomic mass is 35.5. The van der Waals surface area contributed by atoms with Crippen LogP contribution in [0.4, 0.5) is 5.69 Å². The first kappa shape index (κ1) is 30.4. The van der Waals surface area contributed by atoms with Crippen LogP contribution in [0.5, 0.6) is 5.75 Å². The fraction of sp³-hybridized carbons (Fsp3) is 0.176. The number of nitrogens with one attached hydrogen (secondary N) is 1. The Bertz CT molecular complexity index is 2010. The minimum Gasteiger partial charge on any atom is -0.495 e. The molecule has 0 radical (unpaired) electrons. The van der Waals surface area contributed by atoms with Gasteiger partial charge in [0.15, 0.2) is 0 Å². The fourth-order valence-electron chi connectivity index (χ4n) is 5.96. The van der Waals surface area contributed by atoms with Gasteiger partial charge in [-0.2, -0.15) is 0 Å². The number of aromatic nitrogens is 1. The van der Waals surface area contributed by atoms with Crippen molar-refractivity contribution in [3.63, 3.8) is 0 Å². The van der Waals surface area contributed by atoms with Crippen LogP contribution in [0.1, 0.15) is 33.4 Å². The second-order valence-corrected chi connectivity index (χ2v) is 12.8. The number of para-hydroxylation sites is 1. The van der Waals surface area contributed by atoms with E-state index in [0.717, 1.165) is 0 Å². The lowest BCUT2D eigenvalue weighted by molar-refractivity contribution is -0.119. The Kier molecular flexibility index (Phi) is 8.37. The highest BCUT2D eigenvalue weighted by Crippen LogP contribution is 2.46. The van der Waals surface area contributed by atoms with Crippen molar-refractivity contribution >= 4 is 50.0 Å². The summed E-state index contributed by atoms with van der Waals surface area (Å²) in [4.78, 5) is 30.3. The maximum atomic E-state index is 14.5. The topological polar surface area (TPSA) is 107 Å². The van der Waals surface area contributed by atoms with Crippen LogP contribution in [0.25, 0.3) is 10.9 Å². The van der Waals surface area contributed by atoms with Crippen molar-refractivity contribution in [1.29, 1.82) is 0 Å². The molecular formula is C34H30ClN3O6S. The summed E-state index contributed by atoms with van der Waals surface area (Å²) in [6, 6.07) is 26.2. The van der Waals surface area contributed by atoms with Crippen molar-refractivity contribution in [2.24, 2.45) is 0 Å². The van der Waals surface area contributed by atoms with Crippen molar-refractivity contribution in [3.8, 4) is 5.75 Å². The van der Waals surface area contributed by atoms with Crippen LogP contribution >= 0.6 is 11.6 Å². The van der Waals surface area contributed by atoms with E-state index in [-0.39, 0.29) is 24.0 Å². The van der Waals surface area contributed by atoms with Crippen LogP contribution in [0.3, 0.4) is 0 Å². The fourth-order valence-corrected chi connectivity index (χ4v) is 7.53. The van der Waals surface area contributed by atoms with Crippen molar-refractivity contribution in [2.75, 3.05) is 32.7 Å². The van der Waals surface area contributed by atoms with Gasteiger partial charge in [-0.3, -0.25) is 9.59 Å². The Balaban J connectivity index is 1.58. The molecule has 45 heavy (non-hydrogen) atoms. The number of nitrogens with zero attached hydrogens (tertiary/aromatic N) is 2. The molecule has 2 heterocycles. The van der Waals surface area contributed by atoms with E-state index in [0.29, 0.717) is 44.1 Å². The molecule has 230 valence electrons. The monoisotopic (exact) mass is 643 g/mol. The van der Waals surface area contributed by atoms with Crippen LogP contribution in [0.2, 0.25) is 5.02 Å². The number of benzene rings is 4. The Morgan fingerprint density at radius 3 is 2.38 bits per heavy atom. The smallest absolute Gasteiger partial charge is 0.268 e. The third-order valence-corrected chi connectivity index (χ3v) is 9.93. The number of carbonyl (C=O) groups is 2. The molecular weight excluding hydrogens is 614 g/mol. The normalized spacial score (nSPS) is 16.4. The van der Waals surface area contributed by atoms with E-state index in [1.807, 2.05) is 0 Å². The number of anilines is 1. The maximum Gasteiger partial charge on any atom is 0.268 e. The van der Waals surface area contributed by atoms with E-state index >= 15 is 0 Å². The molecule has 0 saturated carbocycles.